The van der Waals surface area contributed by atoms with E-state index in [2.05, 4.69) is 143 Å². The van der Waals surface area contributed by atoms with Gasteiger partial charge >= 0.3 is 0 Å². The molecular weight excluding hydrogens is 779 g/mol. The summed E-state index contributed by atoms with van der Waals surface area (Å²) in [6, 6.07) is 11.8. The second-order valence-electron chi connectivity index (χ2n) is 3.25. The van der Waals surface area contributed by atoms with Gasteiger partial charge in [0.2, 0.25) is 0 Å². The second kappa shape index (κ2) is 6.70. The van der Waals surface area contributed by atoms with Gasteiger partial charge in [0.25, 0.3) is 0 Å². The fourth-order valence-electron chi connectivity index (χ4n) is 1.38. The van der Waals surface area contributed by atoms with Gasteiger partial charge in [-0.2, -0.15) is 0 Å². The molecule has 0 aliphatic heterocycles. The molecule has 87 valence electrons. The molecule has 0 fully saturated rings. The van der Waals surface area contributed by atoms with Gasteiger partial charge in [0.15, 0.2) is 0 Å². The summed E-state index contributed by atoms with van der Waals surface area (Å²) in [5, 5.41) is 0. The van der Waals surface area contributed by atoms with Gasteiger partial charge < -0.3 is 0 Å². The Hall–Kier alpha value is 2.09. The fourth-order valence-corrected chi connectivity index (χ4v) is 4.64. The molecule has 0 heterocycles. The van der Waals surface area contributed by atoms with Crippen molar-refractivity contribution in [2.75, 3.05) is 0 Å². The number of halogens is 5. The van der Waals surface area contributed by atoms with Crippen molar-refractivity contribution < 1.29 is 0 Å². The summed E-state index contributed by atoms with van der Waals surface area (Å²) in [7, 11) is 0. The molecule has 0 aromatic heterocycles. The smallest absolute Gasteiger partial charge is 0.0410 e. The maximum absolute atomic E-state index is 3.32. The first-order valence-electron chi connectivity index (χ1n) is 4.52. The van der Waals surface area contributed by atoms with E-state index in [9.17, 15) is 0 Å². The summed E-state index contributed by atoms with van der Waals surface area (Å²) in [6.45, 7) is 0. The van der Waals surface area contributed by atoms with E-state index >= 15 is 0 Å². The Labute approximate surface area is 169 Å². The van der Waals surface area contributed by atoms with Crippen LogP contribution in [-0.2, 0) is 0 Å². The van der Waals surface area contributed by atoms with Crippen LogP contribution >= 0.6 is 113 Å². The predicted molar refractivity (Wildman–Crippen MR) is 114 cm³/mol. The van der Waals surface area contributed by atoms with Crippen molar-refractivity contribution in [1.29, 1.82) is 0 Å². The number of hydrogen-bond acceptors (Lipinski definition) is 0. The highest BCUT2D eigenvalue weighted by Crippen LogP contribution is 2.34. The molecule has 2 aromatic carbocycles. The van der Waals surface area contributed by atoms with Gasteiger partial charge in [-0.3, -0.25) is 0 Å². The van der Waals surface area contributed by atoms with Gasteiger partial charge in [0.1, 0.15) is 0 Å². The number of benzene rings is 2. The van der Waals surface area contributed by atoms with Crippen molar-refractivity contribution in [3.05, 3.63) is 48.2 Å². The Morgan fingerprint density at radius 3 is 2.18 bits per heavy atom. The van der Waals surface area contributed by atoms with E-state index in [0.29, 0.717) is 0 Å². The van der Waals surface area contributed by atoms with Crippen LogP contribution < -0.4 is 0 Å². The number of rotatable bonds is 1. The molecule has 0 aliphatic rings. The molecule has 0 saturated heterocycles. The van der Waals surface area contributed by atoms with Crippen molar-refractivity contribution in [3.8, 4) is 11.1 Å². The first-order valence-corrected chi connectivity index (χ1v) is 9.91. The highest BCUT2D eigenvalue weighted by molar-refractivity contribution is 14.1. The Morgan fingerprint density at radius 1 is 0.765 bits per heavy atom. The summed E-state index contributed by atoms with van der Waals surface area (Å²) in [5.41, 5.74) is 2.57. The van der Waals surface area contributed by atoms with Crippen LogP contribution in [0.15, 0.2) is 24.3 Å². The van der Waals surface area contributed by atoms with Gasteiger partial charge in [-0.1, -0.05) is 12.1 Å². The van der Waals surface area contributed by atoms with Crippen LogP contribution in [-0.4, -0.2) is 0 Å². The Balaban J connectivity index is 2.69. The molecule has 0 nitrogen and oxygen atoms in total. The zero-order valence-electron chi connectivity index (χ0n) is 8.20. The van der Waals surface area contributed by atoms with E-state index < -0.39 is 0 Å². The summed E-state index contributed by atoms with van der Waals surface area (Å²) in [6.07, 6.45) is 0. The highest BCUT2D eigenvalue weighted by Gasteiger charge is 2.12. The quantitative estimate of drug-likeness (QED) is 0.240. The molecule has 0 aliphatic carbocycles. The van der Waals surface area contributed by atoms with E-state index in [1.807, 2.05) is 0 Å². The minimum absolute atomic E-state index is 1.19. The van der Waals surface area contributed by atoms with Gasteiger partial charge in [-0.05, 0) is 142 Å². The van der Waals surface area contributed by atoms with Crippen LogP contribution in [0.3, 0.4) is 0 Å². The third kappa shape index (κ3) is 3.40. The third-order valence-electron chi connectivity index (χ3n) is 2.21. The second-order valence-corrected chi connectivity index (χ2v) is 8.72. The van der Waals surface area contributed by atoms with Gasteiger partial charge in [0, 0.05) is 17.9 Å². The van der Waals surface area contributed by atoms with Gasteiger partial charge in [-0.15, -0.1) is 0 Å². The van der Waals surface area contributed by atoms with Crippen LogP contribution in [0, 0.1) is 23.9 Å². The maximum atomic E-state index is 3.32. The Kier molecular flexibility index (Phi) is 6.10. The average Bonchev–Trinajstić information content (AvgIpc) is 2.31. The molecule has 0 amide bonds. The summed E-state index contributed by atoms with van der Waals surface area (Å²) in [4.78, 5) is 0. The molecule has 0 unspecified atom stereocenters. The average molecular weight is 783 g/mol. The molecular formula is C12H4I5. The van der Waals surface area contributed by atoms with Crippen molar-refractivity contribution in [3.63, 3.8) is 0 Å². The van der Waals surface area contributed by atoms with E-state index in [0.717, 1.165) is 0 Å². The highest BCUT2D eigenvalue weighted by atomic mass is 127. The van der Waals surface area contributed by atoms with Crippen LogP contribution in [0.5, 0.6) is 0 Å². The summed E-state index contributed by atoms with van der Waals surface area (Å²) < 4.78 is 6.40. The molecule has 2 rings (SSSR count). The maximum Gasteiger partial charge on any atom is 0.0410 e. The number of hydrogen-bond donors (Lipinski definition) is 0. The minimum atomic E-state index is 1.19. The molecule has 17 heavy (non-hydrogen) atoms. The molecule has 0 N–H and O–H groups in total. The van der Waals surface area contributed by atoms with Crippen LogP contribution in [0.25, 0.3) is 11.1 Å². The predicted octanol–water partition coefficient (Wildman–Crippen LogP) is 6.18. The monoisotopic (exact) mass is 783 g/mol. The Morgan fingerprint density at radius 2 is 1.47 bits per heavy atom. The van der Waals surface area contributed by atoms with Crippen molar-refractivity contribution in [2.24, 2.45) is 0 Å². The summed E-state index contributed by atoms with van der Waals surface area (Å²) in [5.74, 6) is 0. The third-order valence-corrected chi connectivity index (χ3v) is 10.4. The topological polar surface area (TPSA) is 0 Å². The Bertz CT molecular complexity index is 577. The molecule has 0 bridgehead atoms. The van der Waals surface area contributed by atoms with Crippen LogP contribution in [0.1, 0.15) is 0 Å². The van der Waals surface area contributed by atoms with E-state index in [4.69, 9.17) is 0 Å². The lowest BCUT2D eigenvalue weighted by atomic mass is 10.1. The lowest BCUT2D eigenvalue weighted by Gasteiger charge is -2.10. The van der Waals surface area contributed by atoms with E-state index in [-0.39, 0.29) is 0 Å². The zero-order chi connectivity index (χ0) is 12.6. The summed E-state index contributed by atoms with van der Waals surface area (Å²) >= 11 is 11.9. The molecule has 0 saturated carbocycles. The SMILES string of the molecule is Ic1[c]cc(-c2cccc(I)c2I)c(I)c1I. The molecule has 1 radical (unpaired) electrons. The largest absolute Gasteiger partial charge is 0.0605 e. The fraction of sp³-hybridized carbons (Fsp3) is 0. The lowest BCUT2D eigenvalue weighted by molar-refractivity contribution is 1.47. The standard InChI is InChI=1S/C12H4I5/c13-8-3-1-2-6(10(8)15)7-4-5-9(14)12(17)11(7)16/h1-4H. The van der Waals surface area contributed by atoms with Crippen LogP contribution in [0.2, 0.25) is 0 Å². The molecule has 0 spiro atoms. The molecule has 0 atom stereocenters. The molecule has 2 aromatic rings. The zero-order valence-corrected chi connectivity index (χ0v) is 19.0. The van der Waals surface area contributed by atoms with Gasteiger partial charge in [0.05, 0.1) is 0 Å². The van der Waals surface area contributed by atoms with Crippen molar-refractivity contribution >= 4 is 113 Å². The first kappa shape index (κ1) is 15.5. The van der Waals surface area contributed by atoms with E-state index in [1.54, 1.807) is 0 Å². The minimum Gasteiger partial charge on any atom is -0.0605 e. The van der Waals surface area contributed by atoms with Crippen molar-refractivity contribution in [1.82, 2.24) is 0 Å². The molecule has 5 heteroatoms. The van der Waals surface area contributed by atoms with E-state index in [1.165, 1.54) is 29.0 Å². The van der Waals surface area contributed by atoms with Gasteiger partial charge in [-0.25, -0.2) is 0 Å². The normalized spacial score (nSPS) is 10.6. The first-order chi connectivity index (χ1) is 8.02. The van der Waals surface area contributed by atoms with Crippen LogP contribution in [0.4, 0.5) is 0 Å². The lowest BCUT2D eigenvalue weighted by Crippen LogP contribution is -1.93. The van der Waals surface area contributed by atoms with Crippen molar-refractivity contribution in [2.45, 2.75) is 0 Å².